The van der Waals surface area contributed by atoms with Gasteiger partial charge in [0.2, 0.25) is 0 Å². The molecule has 0 saturated heterocycles. The van der Waals surface area contributed by atoms with E-state index in [9.17, 15) is 0 Å². The standard InChI is InChI=1S/C18H26N2/c1-3-10-20(11-4-2)16-9-8-15-13-19-17-7-5-6-14(12-16)18(15)17/h5-7,13,16,19H,3-4,8-12H2,1-2H3. The molecule has 0 bridgehead atoms. The van der Waals surface area contributed by atoms with Gasteiger partial charge in [-0.1, -0.05) is 26.0 Å². The number of hydrogen-bond donors (Lipinski definition) is 1. The van der Waals surface area contributed by atoms with Crippen LogP contribution in [0.15, 0.2) is 24.4 Å². The van der Waals surface area contributed by atoms with Gasteiger partial charge in [0.1, 0.15) is 0 Å². The molecule has 1 unspecified atom stereocenters. The van der Waals surface area contributed by atoms with Gasteiger partial charge in [-0.15, -0.1) is 0 Å². The van der Waals surface area contributed by atoms with Crippen molar-refractivity contribution < 1.29 is 0 Å². The Balaban J connectivity index is 1.89. The highest BCUT2D eigenvalue weighted by Gasteiger charge is 2.23. The highest BCUT2D eigenvalue weighted by atomic mass is 15.1. The quantitative estimate of drug-likeness (QED) is 0.865. The summed E-state index contributed by atoms with van der Waals surface area (Å²) in [5.41, 5.74) is 4.38. The number of H-pyrrole nitrogens is 1. The van der Waals surface area contributed by atoms with Gasteiger partial charge in [-0.25, -0.2) is 0 Å². The predicted molar refractivity (Wildman–Crippen MR) is 86.3 cm³/mol. The molecule has 0 spiro atoms. The highest BCUT2D eigenvalue weighted by molar-refractivity contribution is 5.87. The summed E-state index contributed by atoms with van der Waals surface area (Å²) in [6.45, 7) is 7.07. The summed E-state index contributed by atoms with van der Waals surface area (Å²) in [5.74, 6) is 0. The van der Waals surface area contributed by atoms with Crippen molar-refractivity contribution in [3.63, 3.8) is 0 Å². The van der Waals surface area contributed by atoms with Crippen LogP contribution in [-0.2, 0) is 12.8 Å². The van der Waals surface area contributed by atoms with Gasteiger partial charge in [-0.05, 0) is 62.4 Å². The molecule has 0 fully saturated rings. The molecule has 0 saturated carbocycles. The van der Waals surface area contributed by atoms with Gasteiger partial charge in [-0.2, -0.15) is 0 Å². The second-order valence-electron chi connectivity index (χ2n) is 6.09. The highest BCUT2D eigenvalue weighted by Crippen LogP contribution is 2.30. The maximum Gasteiger partial charge on any atom is 0.0459 e. The molecule has 1 aliphatic rings. The molecule has 1 atom stereocenters. The second-order valence-corrected chi connectivity index (χ2v) is 6.09. The van der Waals surface area contributed by atoms with Crippen molar-refractivity contribution in [2.75, 3.05) is 13.1 Å². The monoisotopic (exact) mass is 270 g/mol. The molecular weight excluding hydrogens is 244 g/mol. The number of aromatic nitrogens is 1. The van der Waals surface area contributed by atoms with E-state index in [4.69, 9.17) is 0 Å². The Morgan fingerprint density at radius 3 is 2.70 bits per heavy atom. The minimum atomic E-state index is 0.716. The van der Waals surface area contributed by atoms with E-state index in [2.05, 4.69) is 48.1 Å². The van der Waals surface area contributed by atoms with Crippen LogP contribution >= 0.6 is 0 Å². The fraction of sp³-hybridized carbons (Fsp3) is 0.556. The van der Waals surface area contributed by atoms with Crippen molar-refractivity contribution in [2.45, 2.75) is 52.0 Å². The Morgan fingerprint density at radius 1 is 1.15 bits per heavy atom. The fourth-order valence-corrected chi connectivity index (χ4v) is 3.75. The Labute approximate surface area is 122 Å². The lowest BCUT2D eigenvalue weighted by Gasteiger charge is -2.30. The summed E-state index contributed by atoms with van der Waals surface area (Å²) in [7, 11) is 0. The van der Waals surface area contributed by atoms with E-state index in [0.717, 1.165) is 0 Å². The molecule has 0 aliphatic heterocycles. The van der Waals surface area contributed by atoms with E-state index in [-0.39, 0.29) is 0 Å². The third-order valence-corrected chi connectivity index (χ3v) is 4.61. The van der Waals surface area contributed by atoms with Crippen LogP contribution in [0.25, 0.3) is 10.9 Å². The molecule has 2 heteroatoms. The first-order chi connectivity index (χ1) is 9.83. The van der Waals surface area contributed by atoms with Gasteiger partial charge >= 0.3 is 0 Å². The molecule has 2 aromatic rings. The van der Waals surface area contributed by atoms with Crippen LogP contribution in [0.1, 0.15) is 44.2 Å². The van der Waals surface area contributed by atoms with Crippen molar-refractivity contribution in [1.82, 2.24) is 9.88 Å². The van der Waals surface area contributed by atoms with Gasteiger partial charge in [0.15, 0.2) is 0 Å². The van der Waals surface area contributed by atoms with Crippen molar-refractivity contribution in [1.29, 1.82) is 0 Å². The number of aryl methyl sites for hydroxylation is 1. The van der Waals surface area contributed by atoms with E-state index in [0.29, 0.717) is 6.04 Å². The second kappa shape index (κ2) is 6.01. The lowest BCUT2D eigenvalue weighted by atomic mass is 10.0. The first kappa shape index (κ1) is 13.7. The van der Waals surface area contributed by atoms with E-state index in [1.54, 1.807) is 5.56 Å². The maximum absolute atomic E-state index is 3.43. The summed E-state index contributed by atoms with van der Waals surface area (Å²) in [4.78, 5) is 6.15. The fourth-order valence-electron chi connectivity index (χ4n) is 3.75. The topological polar surface area (TPSA) is 19.0 Å². The molecule has 2 nitrogen and oxygen atoms in total. The minimum Gasteiger partial charge on any atom is -0.361 e. The molecule has 1 heterocycles. The number of benzene rings is 1. The van der Waals surface area contributed by atoms with Crippen LogP contribution in [0.2, 0.25) is 0 Å². The van der Waals surface area contributed by atoms with Crippen LogP contribution < -0.4 is 0 Å². The zero-order chi connectivity index (χ0) is 13.9. The Hall–Kier alpha value is -1.28. The van der Waals surface area contributed by atoms with E-state index >= 15 is 0 Å². The third kappa shape index (κ3) is 2.49. The first-order valence-corrected chi connectivity index (χ1v) is 8.15. The molecule has 0 radical (unpaired) electrons. The number of nitrogens with one attached hydrogen (secondary N) is 1. The molecule has 1 aromatic heterocycles. The average molecular weight is 270 g/mol. The van der Waals surface area contributed by atoms with Crippen molar-refractivity contribution >= 4 is 10.9 Å². The molecule has 108 valence electrons. The van der Waals surface area contributed by atoms with Gasteiger partial charge in [0.05, 0.1) is 0 Å². The third-order valence-electron chi connectivity index (χ3n) is 4.61. The summed E-state index contributed by atoms with van der Waals surface area (Å²) in [6.07, 6.45) is 8.46. The average Bonchev–Trinajstić information content (AvgIpc) is 2.77. The zero-order valence-corrected chi connectivity index (χ0v) is 12.8. The number of nitrogens with zero attached hydrogens (tertiary/aromatic N) is 1. The zero-order valence-electron chi connectivity index (χ0n) is 12.8. The summed E-state index contributed by atoms with van der Waals surface area (Å²) in [5, 5.41) is 1.50. The van der Waals surface area contributed by atoms with Gasteiger partial charge in [-0.3, -0.25) is 0 Å². The first-order valence-electron chi connectivity index (χ1n) is 8.15. The normalized spacial score (nSPS) is 18.6. The summed E-state index contributed by atoms with van der Waals surface area (Å²) in [6, 6.07) is 7.45. The van der Waals surface area contributed by atoms with Crippen LogP contribution in [0.3, 0.4) is 0 Å². The Kier molecular flexibility index (Phi) is 4.11. The largest absolute Gasteiger partial charge is 0.361 e. The predicted octanol–water partition coefficient (Wildman–Crippen LogP) is 4.15. The number of aromatic amines is 1. The Morgan fingerprint density at radius 2 is 1.95 bits per heavy atom. The maximum atomic E-state index is 3.43. The molecule has 3 rings (SSSR count). The molecule has 1 N–H and O–H groups in total. The van der Waals surface area contributed by atoms with Crippen molar-refractivity contribution in [3.8, 4) is 0 Å². The smallest absolute Gasteiger partial charge is 0.0459 e. The molecule has 0 amide bonds. The summed E-state index contributed by atoms with van der Waals surface area (Å²) >= 11 is 0. The number of rotatable bonds is 5. The van der Waals surface area contributed by atoms with E-state index in [1.165, 1.54) is 61.7 Å². The SMILES string of the molecule is CCCN(CCC)C1CCc2c[nH]c3cccc(c23)C1. The van der Waals surface area contributed by atoms with Crippen LogP contribution in [-0.4, -0.2) is 29.0 Å². The van der Waals surface area contributed by atoms with Crippen molar-refractivity contribution in [2.24, 2.45) is 0 Å². The minimum absolute atomic E-state index is 0.716. The van der Waals surface area contributed by atoms with Gasteiger partial charge < -0.3 is 9.88 Å². The lowest BCUT2D eigenvalue weighted by molar-refractivity contribution is 0.186. The van der Waals surface area contributed by atoms with Crippen molar-refractivity contribution in [3.05, 3.63) is 35.5 Å². The molecular formula is C18H26N2. The molecule has 20 heavy (non-hydrogen) atoms. The van der Waals surface area contributed by atoms with E-state index in [1.807, 2.05) is 0 Å². The van der Waals surface area contributed by atoms with Crippen LogP contribution in [0, 0.1) is 0 Å². The number of hydrogen-bond acceptors (Lipinski definition) is 1. The van der Waals surface area contributed by atoms with E-state index < -0.39 is 0 Å². The molecule has 1 aromatic carbocycles. The Bertz CT molecular complexity index is 564. The van der Waals surface area contributed by atoms with Gasteiger partial charge in [0.25, 0.3) is 0 Å². The lowest BCUT2D eigenvalue weighted by Crippen LogP contribution is -2.38. The van der Waals surface area contributed by atoms with Crippen LogP contribution in [0.4, 0.5) is 0 Å². The van der Waals surface area contributed by atoms with Gasteiger partial charge in [0, 0.05) is 23.1 Å². The molecule has 1 aliphatic carbocycles. The van der Waals surface area contributed by atoms with Crippen LogP contribution in [0.5, 0.6) is 0 Å². The summed E-state index contributed by atoms with van der Waals surface area (Å²) < 4.78 is 0.